The highest BCUT2D eigenvalue weighted by Gasteiger charge is 2.22. The summed E-state index contributed by atoms with van der Waals surface area (Å²) in [5.41, 5.74) is 1.60. The van der Waals surface area contributed by atoms with Crippen molar-refractivity contribution in [3.63, 3.8) is 0 Å². The van der Waals surface area contributed by atoms with Gasteiger partial charge in [-0.2, -0.15) is 0 Å². The second-order valence-electron chi connectivity index (χ2n) is 6.25. The van der Waals surface area contributed by atoms with Crippen LogP contribution in [-0.4, -0.2) is 38.1 Å². The molecule has 1 aliphatic rings. The number of likely N-dealkylation sites (N-methyl/N-ethyl adjacent to an activating group) is 1. The Morgan fingerprint density at radius 2 is 1.96 bits per heavy atom. The van der Waals surface area contributed by atoms with Gasteiger partial charge in [0, 0.05) is 13.0 Å². The summed E-state index contributed by atoms with van der Waals surface area (Å²) in [7, 11) is 3.79. The summed E-state index contributed by atoms with van der Waals surface area (Å²) in [4.78, 5) is 14.2. The van der Waals surface area contributed by atoms with E-state index < -0.39 is 23.1 Å². The first kappa shape index (κ1) is 17.4. The van der Waals surface area contributed by atoms with Crippen molar-refractivity contribution in [1.29, 1.82) is 0 Å². The summed E-state index contributed by atoms with van der Waals surface area (Å²) in [5, 5.41) is 2.64. The molecule has 4 nitrogen and oxygen atoms in total. The normalized spacial score (nSPS) is 14.1. The number of carbonyl (C=O) groups excluding carboxylic acids is 1. The highest BCUT2D eigenvalue weighted by molar-refractivity contribution is 5.94. The number of fused-ring (bicyclic) bond motifs is 1. The standard InChI is InChI=1S/C19H20F2N2O2/c1-23(2)16(12-6-7-17-13(10-12)8-9-25-17)11-22-19(24)18-14(20)4-3-5-15(18)21/h3-7,10,16H,8-9,11H2,1-2H3,(H,22,24)/t16-/m0/s1. The molecule has 1 amide bonds. The van der Waals surface area contributed by atoms with Crippen molar-refractivity contribution in [3.8, 4) is 5.75 Å². The zero-order valence-corrected chi connectivity index (χ0v) is 14.2. The van der Waals surface area contributed by atoms with Crippen LogP contribution in [0.4, 0.5) is 8.78 Å². The molecule has 0 spiro atoms. The van der Waals surface area contributed by atoms with Crippen molar-refractivity contribution in [2.45, 2.75) is 12.5 Å². The zero-order valence-electron chi connectivity index (χ0n) is 14.2. The van der Waals surface area contributed by atoms with Crippen LogP contribution in [-0.2, 0) is 6.42 Å². The number of benzene rings is 2. The summed E-state index contributed by atoms with van der Waals surface area (Å²) < 4.78 is 33.0. The van der Waals surface area contributed by atoms with Crippen LogP contribution in [0.15, 0.2) is 36.4 Å². The lowest BCUT2D eigenvalue weighted by Gasteiger charge is -2.25. The Balaban J connectivity index is 1.76. The maximum absolute atomic E-state index is 13.7. The maximum Gasteiger partial charge on any atom is 0.257 e. The van der Waals surface area contributed by atoms with Gasteiger partial charge in [-0.25, -0.2) is 8.78 Å². The minimum atomic E-state index is -0.867. The van der Waals surface area contributed by atoms with Gasteiger partial charge in [0.25, 0.3) is 5.91 Å². The summed E-state index contributed by atoms with van der Waals surface area (Å²) >= 11 is 0. The molecule has 2 aromatic rings. The van der Waals surface area contributed by atoms with E-state index in [0.29, 0.717) is 6.61 Å². The molecule has 6 heteroatoms. The molecule has 1 aliphatic heterocycles. The number of carbonyl (C=O) groups is 1. The van der Waals surface area contributed by atoms with Crippen LogP contribution < -0.4 is 10.1 Å². The van der Waals surface area contributed by atoms with Gasteiger partial charge in [-0.15, -0.1) is 0 Å². The SMILES string of the molecule is CN(C)[C@@H](CNC(=O)c1c(F)cccc1F)c1ccc2c(c1)CCO2. The average Bonchev–Trinajstić information content (AvgIpc) is 3.02. The fourth-order valence-corrected chi connectivity index (χ4v) is 3.00. The number of rotatable bonds is 5. The van der Waals surface area contributed by atoms with Crippen LogP contribution in [0.25, 0.3) is 0 Å². The zero-order chi connectivity index (χ0) is 18.0. The van der Waals surface area contributed by atoms with Crippen LogP contribution >= 0.6 is 0 Å². The predicted octanol–water partition coefficient (Wildman–Crippen LogP) is 2.93. The first-order chi connectivity index (χ1) is 12.0. The number of hydrogen-bond donors (Lipinski definition) is 1. The molecule has 0 bridgehead atoms. The molecular weight excluding hydrogens is 326 g/mol. The Kier molecular flexibility index (Phi) is 4.99. The van der Waals surface area contributed by atoms with Gasteiger partial charge in [-0.05, 0) is 43.4 Å². The lowest BCUT2D eigenvalue weighted by atomic mass is 10.0. The number of amides is 1. The van der Waals surface area contributed by atoms with E-state index in [1.165, 1.54) is 6.07 Å². The molecule has 2 aromatic carbocycles. The predicted molar refractivity (Wildman–Crippen MR) is 90.8 cm³/mol. The monoisotopic (exact) mass is 346 g/mol. The van der Waals surface area contributed by atoms with Gasteiger partial charge >= 0.3 is 0 Å². The van der Waals surface area contributed by atoms with E-state index in [9.17, 15) is 13.6 Å². The second-order valence-corrected chi connectivity index (χ2v) is 6.25. The number of halogens is 2. The third kappa shape index (κ3) is 3.64. The molecule has 0 unspecified atom stereocenters. The van der Waals surface area contributed by atoms with E-state index in [4.69, 9.17) is 4.74 Å². The van der Waals surface area contributed by atoms with Crippen molar-refractivity contribution < 1.29 is 18.3 Å². The first-order valence-electron chi connectivity index (χ1n) is 8.11. The largest absolute Gasteiger partial charge is 0.493 e. The van der Waals surface area contributed by atoms with E-state index in [2.05, 4.69) is 11.4 Å². The lowest BCUT2D eigenvalue weighted by Crippen LogP contribution is -2.35. The molecule has 0 aromatic heterocycles. The molecule has 0 aliphatic carbocycles. The minimum Gasteiger partial charge on any atom is -0.493 e. The third-order valence-corrected chi connectivity index (χ3v) is 4.37. The van der Waals surface area contributed by atoms with Gasteiger partial charge in [-0.1, -0.05) is 18.2 Å². The van der Waals surface area contributed by atoms with E-state index in [0.717, 1.165) is 35.4 Å². The van der Waals surface area contributed by atoms with Crippen LogP contribution in [0, 0.1) is 11.6 Å². The molecule has 1 atom stereocenters. The second kappa shape index (κ2) is 7.19. The van der Waals surface area contributed by atoms with E-state index in [1.807, 2.05) is 31.1 Å². The molecule has 0 saturated carbocycles. The van der Waals surface area contributed by atoms with Crippen molar-refractivity contribution in [2.75, 3.05) is 27.2 Å². The quantitative estimate of drug-likeness (QED) is 0.905. The smallest absolute Gasteiger partial charge is 0.257 e. The van der Waals surface area contributed by atoms with Crippen molar-refractivity contribution in [1.82, 2.24) is 10.2 Å². The van der Waals surface area contributed by atoms with Crippen LogP contribution in [0.1, 0.15) is 27.5 Å². The van der Waals surface area contributed by atoms with E-state index in [1.54, 1.807) is 0 Å². The number of nitrogens with one attached hydrogen (secondary N) is 1. The highest BCUT2D eigenvalue weighted by atomic mass is 19.1. The summed E-state index contributed by atoms with van der Waals surface area (Å²) in [6.45, 7) is 0.911. The molecule has 1 heterocycles. The fourth-order valence-electron chi connectivity index (χ4n) is 3.00. The lowest BCUT2D eigenvalue weighted by molar-refractivity contribution is 0.0933. The first-order valence-corrected chi connectivity index (χ1v) is 8.11. The van der Waals surface area contributed by atoms with Crippen LogP contribution in [0.2, 0.25) is 0 Å². The van der Waals surface area contributed by atoms with Gasteiger partial charge < -0.3 is 15.0 Å². The topological polar surface area (TPSA) is 41.6 Å². The molecule has 3 rings (SSSR count). The Labute approximate surface area is 145 Å². The number of nitrogens with zero attached hydrogens (tertiary/aromatic N) is 1. The molecule has 0 radical (unpaired) electrons. The minimum absolute atomic E-state index is 0.121. The van der Waals surface area contributed by atoms with Gasteiger partial charge in [0.2, 0.25) is 0 Å². The molecule has 1 N–H and O–H groups in total. The molecule has 132 valence electrons. The third-order valence-electron chi connectivity index (χ3n) is 4.37. The van der Waals surface area contributed by atoms with Gasteiger partial charge in [0.15, 0.2) is 0 Å². The summed E-state index contributed by atoms with van der Waals surface area (Å²) in [5.74, 6) is -1.60. The Morgan fingerprint density at radius 3 is 2.64 bits per heavy atom. The van der Waals surface area contributed by atoms with Gasteiger partial charge in [0.1, 0.15) is 22.9 Å². The summed E-state index contributed by atoms with van der Waals surface area (Å²) in [6.07, 6.45) is 0.857. The van der Waals surface area contributed by atoms with Gasteiger partial charge in [0.05, 0.1) is 12.6 Å². The van der Waals surface area contributed by atoms with Crippen molar-refractivity contribution >= 4 is 5.91 Å². The Bertz CT molecular complexity index is 773. The van der Waals surface area contributed by atoms with Crippen LogP contribution in [0.5, 0.6) is 5.75 Å². The van der Waals surface area contributed by atoms with E-state index >= 15 is 0 Å². The maximum atomic E-state index is 13.7. The fraction of sp³-hybridized carbons (Fsp3) is 0.316. The molecule has 0 fully saturated rings. The molecule has 25 heavy (non-hydrogen) atoms. The van der Waals surface area contributed by atoms with Crippen molar-refractivity contribution in [3.05, 3.63) is 64.7 Å². The Hall–Kier alpha value is -2.47. The van der Waals surface area contributed by atoms with Crippen molar-refractivity contribution in [2.24, 2.45) is 0 Å². The number of hydrogen-bond acceptors (Lipinski definition) is 3. The molecular formula is C19H20F2N2O2. The highest BCUT2D eigenvalue weighted by Crippen LogP contribution is 2.29. The van der Waals surface area contributed by atoms with Crippen LogP contribution in [0.3, 0.4) is 0 Å². The Morgan fingerprint density at radius 1 is 1.24 bits per heavy atom. The van der Waals surface area contributed by atoms with Gasteiger partial charge in [-0.3, -0.25) is 4.79 Å². The average molecular weight is 346 g/mol. The summed E-state index contributed by atoms with van der Waals surface area (Å²) in [6, 6.07) is 9.19. The number of ether oxygens (including phenoxy) is 1. The molecule has 0 saturated heterocycles. The van der Waals surface area contributed by atoms with E-state index in [-0.39, 0.29) is 12.6 Å².